The highest BCUT2D eigenvalue weighted by atomic mass is 16.5. The Morgan fingerprint density at radius 3 is 3.07 bits per heavy atom. The number of nitrogens with one attached hydrogen (secondary N) is 1. The number of fused-ring (bicyclic) bond motifs is 2. The van der Waals surface area contributed by atoms with Gasteiger partial charge in [-0.2, -0.15) is 0 Å². The first kappa shape index (κ1) is 7.32. The molecule has 0 aliphatic rings. The van der Waals surface area contributed by atoms with Gasteiger partial charge in [-0.25, -0.2) is 0 Å². The van der Waals surface area contributed by atoms with Crippen LogP contribution in [0.4, 0.5) is 0 Å². The molecule has 14 heavy (non-hydrogen) atoms. The molecule has 68 valence electrons. The van der Waals surface area contributed by atoms with Gasteiger partial charge in [-0.3, -0.25) is 4.79 Å². The van der Waals surface area contributed by atoms with Gasteiger partial charge in [0.05, 0.1) is 11.7 Å². The normalized spacial score (nSPS) is 11.1. The molecule has 3 aromatic rings. The van der Waals surface area contributed by atoms with Crippen LogP contribution in [-0.4, -0.2) is 10.1 Å². The summed E-state index contributed by atoms with van der Waals surface area (Å²) in [6.07, 6.45) is 1.65. The van der Waals surface area contributed by atoms with Crippen molar-refractivity contribution in [2.24, 2.45) is 0 Å². The molecule has 1 aromatic carbocycles. The SMILES string of the molecule is O=c1ccc2cc3cnoc3cc2[nH]1. The minimum absolute atomic E-state index is 0.114. The van der Waals surface area contributed by atoms with E-state index in [-0.39, 0.29) is 5.56 Å². The molecule has 0 atom stereocenters. The second-order valence-corrected chi connectivity index (χ2v) is 3.13. The van der Waals surface area contributed by atoms with Crippen molar-refractivity contribution in [3.05, 3.63) is 40.8 Å². The Morgan fingerprint density at radius 1 is 1.21 bits per heavy atom. The molecular formula is C10H6N2O2. The van der Waals surface area contributed by atoms with Crippen LogP contribution in [0.5, 0.6) is 0 Å². The molecule has 3 rings (SSSR count). The summed E-state index contributed by atoms with van der Waals surface area (Å²) >= 11 is 0. The van der Waals surface area contributed by atoms with Gasteiger partial charge in [-0.1, -0.05) is 5.16 Å². The lowest BCUT2D eigenvalue weighted by Crippen LogP contribution is -2.01. The molecular weight excluding hydrogens is 180 g/mol. The third kappa shape index (κ3) is 0.939. The van der Waals surface area contributed by atoms with E-state index < -0.39 is 0 Å². The van der Waals surface area contributed by atoms with E-state index in [2.05, 4.69) is 10.1 Å². The second kappa shape index (κ2) is 2.45. The van der Waals surface area contributed by atoms with E-state index in [4.69, 9.17) is 4.52 Å². The molecule has 0 unspecified atom stereocenters. The predicted octanol–water partition coefficient (Wildman–Crippen LogP) is 1.67. The molecule has 0 radical (unpaired) electrons. The monoisotopic (exact) mass is 186 g/mol. The third-order valence-corrected chi connectivity index (χ3v) is 2.20. The average Bonchev–Trinajstić information content (AvgIpc) is 2.61. The fourth-order valence-electron chi connectivity index (χ4n) is 1.52. The van der Waals surface area contributed by atoms with E-state index in [0.29, 0.717) is 5.58 Å². The van der Waals surface area contributed by atoms with Gasteiger partial charge >= 0.3 is 0 Å². The zero-order valence-corrected chi connectivity index (χ0v) is 7.15. The topological polar surface area (TPSA) is 58.9 Å². The fraction of sp³-hybridized carbons (Fsp3) is 0. The van der Waals surface area contributed by atoms with E-state index in [0.717, 1.165) is 16.3 Å². The van der Waals surface area contributed by atoms with Gasteiger partial charge in [-0.05, 0) is 17.5 Å². The van der Waals surface area contributed by atoms with Gasteiger partial charge in [0.1, 0.15) is 0 Å². The van der Waals surface area contributed by atoms with Crippen molar-refractivity contribution in [3.63, 3.8) is 0 Å². The molecule has 0 saturated carbocycles. The zero-order valence-electron chi connectivity index (χ0n) is 7.15. The van der Waals surface area contributed by atoms with E-state index in [1.54, 1.807) is 18.3 Å². The van der Waals surface area contributed by atoms with Gasteiger partial charge in [0.25, 0.3) is 0 Å². The Balaban J connectivity index is 2.56. The van der Waals surface area contributed by atoms with Crippen LogP contribution in [0.1, 0.15) is 0 Å². The van der Waals surface area contributed by atoms with Crippen molar-refractivity contribution in [3.8, 4) is 0 Å². The first-order valence-electron chi connectivity index (χ1n) is 4.20. The van der Waals surface area contributed by atoms with E-state index in [9.17, 15) is 4.79 Å². The van der Waals surface area contributed by atoms with E-state index in [1.807, 2.05) is 6.07 Å². The minimum Gasteiger partial charge on any atom is -0.356 e. The van der Waals surface area contributed by atoms with Gasteiger partial charge < -0.3 is 9.51 Å². The lowest BCUT2D eigenvalue weighted by Gasteiger charge is -1.95. The van der Waals surface area contributed by atoms with Crippen LogP contribution in [0.3, 0.4) is 0 Å². The summed E-state index contributed by atoms with van der Waals surface area (Å²) in [4.78, 5) is 13.8. The van der Waals surface area contributed by atoms with E-state index >= 15 is 0 Å². The average molecular weight is 186 g/mol. The quantitative estimate of drug-likeness (QED) is 0.581. The standard InChI is InChI=1S/C10H6N2O2/c13-10-2-1-6-3-7-5-11-14-9(7)4-8(6)12-10/h1-5H,(H,12,13). The number of nitrogens with zero attached hydrogens (tertiary/aromatic N) is 1. The van der Waals surface area contributed by atoms with Gasteiger partial charge in [0.15, 0.2) is 5.58 Å². The van der Waals surface area contributed by atoms with Crippen LogP contribution >= 0.6 is 0 Å². The maximum atomic E-state index is 11.1. The Morgan fingerprint density at radius 2 is 2.14 bits per heavy atom. The molecule has 4 nitrogen and oxygen atoms in total. The van der Waals surface area contributed by atoms with Crippen LogP contribution in [0, 0.1) is 0 Å². The first-order chi connectivity index (χ1) is 6.83. The maximum absolute atomic E-state index is 11.1. The van der Waals surface area contributed by atoms with Crippen LogP contribution in [0.2, 0.25) is 0 Å². The van der Waals surface area contributed by atoms with Crippen molar-refractivity contribution in [2.45, 2.75) is 0 Å². The summed E-state index contributed by atoms with van der Waals surface area (Å²) in [5.74, 6) is 0. The summed E-state index contributed by atoms with van der Waals surface area (Å²) in [7, 11) is 0. The predicted molar refractivity (Wildman–Crippen MR) is 52.1 cm³/mol. The molecule has 0 saturated heterocycles. The number of hydrogen-bond donors (Lipinski definition) is 1. The lowest BCUT2D eigenvalue weighted by molar-refractivity contribution is 0.456. The van der Waals surface area contributed by atoms with Gasteiger partial charge in [0.2, 0.25) is 5.56 Å². The smallest absolute Gasteiger partial charge is 0.248 e. The minimum atomic E-state index is -0.114. The summed E-state index contributed by atoms with van der Waals surface area (Å²) in [6.45, 7) is 0. The summed E-state index contributed by atoms with van der Waals surface area (Å²) in [5.41, 5.74) is 1.33. The highest BCUT2D eigenvalue weighted by Crippen LogP contribution is 2.19. The van der Waals surface area contributed by atoms with Crippen LogP contribution in [0.15, 0.2) is 39.8 Å². The number of aromatic amines is 1. The van der Waals surface area contributed by atoms with Gasteiger partial charge in [0, 0.05) is 17.5 Å². The summed E-state index contributed by atoms with van der Waals surface area (Å²) in [6, 6.07) is 6.98. The zero-order chi connectivity index (χ0) is 9.54. The maximum Gasteiger partial charge on any atom is 0.248 e. The number of benzene rings is 1. The highest BCUT2D eigenvalue weighted by molar-refractivity contribution is 5.93. The molecule has 0 fully saturated rings. The Labute approximate surface area is 78.1 Å². The third-order valence-electron chi connectivity index (χ3n) is 2.20. The van der Waals surface area contributed by atoms with Gasteiger partial charge in [-0.15, -0.1) is 0 Å². The fourth-order valence-corrected chi connectivity index (χ4v) is 1.52. The molecule has 0 aliphatic heterocycles. The largest absolute Gasteiger partial charge is 0.356 e. The molecule has 4 heteroatoms. The number of hydrogen-bond acceptors (Lipinski definition) is 3. The molecule has 2 aromatic heterocycles. The van der Waals surface area contributed by atoms with Crippen molar-refractivity contribution >= 4 is 21.9 Å². The first-order valence-corrected chi connectivity index (χ1v) is 4.20. The van der Waals surface area contributed by atoms with Crippen LogP contribution < -0.4 is 5.56 Å². The molecule has 0 aliphatic carbocycles. The summed E-state index contributed by atoms with van der Waals surface area (Å²) < 4.78 is 4.99. The molecule has 0 spiro atoms. The van der Waals surface area contributed by atoms with Crippen molar-refractivity contribution < 1.29 is 4.52 Å². The van der Waals surface area contributed by atoms with E-state index in [1.165, 1.54) is 6.07 Å². The Kier molecular flexibility index (Phi) is 1.28. The molecule has 1 N–H and O–H groups in total. The Bertz CT molecular complexity index is 666. The highest BCUT2D eigenvalue weighted by Gasteiger charge is 2.01. The second-order valence-electron chi connectivity index (χ2n) is 3.13. The number of aromatic nitrogens is 2. The molecule has 0 bridgehead atoms. The number of rotatable bonds is 0. The van der Waals surface area contributed by atoms with Crippen LogP contribution in [-0.2, 0) is 0 Å². The summed E-state index contributed by atoms with van der Waals surface area (Å²) in [5, 5.41) is 5.59. The Hall–Kier alpha value is -2.10. The van der Waals surface area contributed by atoms with Crippen LogP contribution in [0.25, 0.3) is 21.9 Å². The van der Waals surface area contributed by atoms with Crippen molar-refractivity contribution in [1.29, 1.82) is 0 Å². The number of pyridine rings is 1. The van der Waals surface area contributed by atoms with Crippen molar-refractivity contribution in [1.82, 2.24) is 10.1 Å². The molecule has 0 amide bonds. The molecule has 2 heterocycles. The van der Waals surface area contributed by atoms with Crippen molar-refractivity contribution in [2.75, 3.05) is 0 Å². The number of H-pyrrole nitrogens is 1. The lowest BCUT2D eigenvalue weighted by atomic mass is 10.2.